The summed E-state index contributed by atoms with van der Waals surface area (Å²) in [5.41, 5.74) is 3.42. The number of aromatic nitrogens is 2. The number of hydrogen-bond donors (Lipinski definition) is 2. The van der Waals surface area contributed by atoms with Gasteiger partial charge in [-0.25, -0.2) is 10.4 Å². The summed E-state index contributed by atoms with van der Waals surface area (Å²) in [7, 11) is 1.56. The number of hydrogen-bond acceptors (Lipinski definition) is 7. The molecule has 0 saturated heterocycles. The molecule has 0 fully saturated rings. The van der Waals surface area contributed by atoms with Crippen LogP contribution in [-0.2, 0) is 0 Å². The van der Waals surface area contributed by atoms with Gasteiger partial charge < -0.3 is 9.47 Å². The van der Waals surface area contributed by atoms with Gasteiger partial charge in [0.15, 0.2) is 0 Å². The molecule has 2 atom stereocenters. The number of benzene rings is 1. The summed E-state index contributed by atoms with van der Waals surface area (Å²) in [4.78, 5) is 9.63. The molecule has 6 nitrogen and oxygen atoms in total. The number of fused-ring (bicyclic) bond motifs is 1. The van der Waals surface area contributed by atoms with E-state index >= 15 is 0 Å². The Balaban J connectivity index is 1.88. The zero-order valence-corrected chi connectivity index (χ0v) is 12.3. The molecule has 21 heavy (non-hydrogen) atoms. The van der Waals surface area contributed by atoms with Crippen molar-refractivity contribution < 1.29 is 9.47 Å². The molecule has 0 saturated carbocycles. The first-order valence-corrected chi connectivity index (χ1v) is 7.51. The van der Waals surface area contributed by atoms with E-state index in [1.165, 1.54) is 0 Å². The topological polar surface area (TPSA) is 82.3 Å². The maximum absolute atomic E-state index is 6.05. The Bertz CT molecular complexity index is 625. The predicted octanol–water partition coefficient (Wildman–Crippen LogP) is 1.54. The lowest BCUT2D eigenvalue weighted by Crippen LogP contribution is -2.42. The van der Waals surface area contributed by atoms with Crippen molar-refractivity contribution in [1.29, 1.82) is 0 Å². The normalized spacial score (nSPS) is 18.5. The summed E-state index contributed by atoms with van der Waals surface area (Å²) in [5.74, 6) is 7.80. The summed E-state index contributed by atoms with van der Waals surface area (Å²) < 4.78 is 11.3. The molecule has 0 aliphatic carbocycles. The van der Waals surface area contributed by atoms with Gasteiger partial charge in [0.05, 0.1) is 7.11 Å². The molecule has 2 aromatic rings. The van der Waals surface area contributed by atoms with E-state index in [0.29, 0.717) is 11.6 Å². The van der Waals surface area contributed by atoms with Crippen LogP contribution in [0.4, 0.5) is 0 Å². The average molecular weight is 304 g/mol. The number of ether oxygens (including phenoxy) is 2. The Labute approximate surface area is 127 Å². The van der Waals surface area contributed by atoms with E-state index < -0.39 is 0 Å². The highest BCUT2D eigenvalue weighted by Crippen LogP contribution is 2.38. The van der Waals surface area contributed by atoms with Crippen LogP contribution in [0.3, 0.4) is 0 Å². The lowest BCUT2D eigenvalue weighted by atomic mass is 10.1. The third kappa shape index (κ3) is 2.80. The van der Waals surface area contributed by atoms with Gasteiger partial charge in [0.2, 0.25) is 5.88 Å². The Morgan fingerprint density at radius 1 is 1.38 bits per heavy atom. The minimum Gasteiger partial charge on any atom is -0.486 e. The zero-order valence-electron chi connectivity index (χ0n) is 11.5. The van der Waals surface area contributed by atoms with Gasteiger partial charge in [-0.05, 0) is 12.1 Å². The first kappa shape index (κ1) is 14.1. The van der Waals surface area contributed by atoms with Crippen molar-refractivity contribution in [3.63, 3.8) is 0 Å². The molecule has 7 heteroatoms. The summed E-state index contributed by atoms with van der Waals surface area (Å²) in [5, 5.41) is 0. The highest BCUT2D eigenvalue weighted by Gasteiger charge is 2.32. The number of nitrogens with two attached hydrogens (primary N) is 1. The van der Waals surface area contributed by atoms with Crippen molar-refractivity contribution in [3.05, 3.63) is 42.4 Å². The van der Waals surface area contributed by atoms with Crippen LogP contribution in [0.25, 0.3) is 0 Å². The van der Waals surface area contributed by atoms with E-state index in [-0.39, 0.29) is 12.1 Å². The Kier molecular flexibility index (Phi) is 4.23. The molecule has 110 valence electrons. The Morgan fingerprint density at radius 2 is 2.19 bits per heavy atom. The van der Waals surface area contributed by atoms with E-state index in [9.17, 15) is 0 Å². The third-order valence-corrected chi connectivity index (χ3v) is 4.40. The van der Waals surface area contributed by atoms with Gasteiger partial charge in [0.1, 0.15) is 23.6 Å². The SMILES string of the molecule is COc1nccnc1C(NN)C1CSc2ccccc2O1. The second-order valence-corrected chi connectivity index (χ2v) is 5.57. The fraction of sp³-hybridized carbons (Fsp3) is 0.286. The number of nitrogens with zero attached hydrogens (tertiary/aromatic N) is 2. The van der Waals surface area contributed by atoms with Gasteiger partial charge >= 0.3 is 0 Å². The van der Waals surface area contributed by atoms with Gasteiger partial charge in [-0.1, -0.05) is 12.1 Å². The minimum absolute atomic E-state index is 0.152. The summed E-state index contributed by atoms with van der Waals surface area (Å²) in [6, 6.07) is 7.66. The summed E-state index contributed by atoms with van der Waals surface area (Å²) >= 11 is 1.74. The Hall–Kier alpha value is -1.83. The van der Waals surface area contributed by atoms with Gasteiger partial charge in [-0.15, -0.1) is 11.8 Å². The molecule has 0 spiro atoms. The first-order valence-electron chi connectivity index (χ1n) is 6.53. The van der Waals surface area contributed by atoms with Crippen LogP contribution >= 0.6 is 11.8 Å². The molecule has 0 bridgehead atoms. The average Bonchev–Trinajstić information content (AvgIpc) is 2.56. The highest BCUT2D eigenvalue weighted by atomic mass is 32.2. The molecule has 1 aliphatic heterocycles. The molecule has 1 aromatic heterocycles. The van der Waals surface area contributed by atoms with Gasteiger partial charge in [-0.3, -0.25) is 10.8 Å². The molecular weight excluding hydrogens is 288 g/mol. The fourth-order valence-electron chi connectivity index (χ4n) is 2.27. The van der Waals surface area contributed by atoms with Crippen LogP contribution in [0, 0.1) is 0 Å². The van der Waals surface area contributed by atoms with Crippen molar-refractivity contribution in [2.24, 2.45) is 5.84 Å². The zero-order chi connectivity index (χ0) is 14.7. The first-order chi connectivity index (χ1) is 10.3. The number of hydrazine groups is 1. The third-order valence-electron chi connectivity index (χ3n) is 3.26. The van der Waals surface area contributed by atoms with Crippen molar-refractivity contribution in [2.75, 3.05) is 12.9 Å². The van der Waals surface area contributed by atoms with E-state index in [1.54, 1.807) is 31.3 Å². The van der Waals surface area contributed by atoms with Crippen molar-refractivity contribution in [1.82, 2.24) is 15.4 Å². The second-order valence-electron chi connectivity index (χ2n) is 4.51. The van der Waals surface area contributed by atoms with E-state index in [0.717, 1.165) is 16.4 Å². The molecule has 1 aliphatic rings. The minimum atomic E-state index is -0.297. The molecule has 2 unspecified atom stereocenters. The van der Waals surface area contributed by atoms with Crippen LogP contribution in [0.15, 0.2) is 41.6 Å². The smallest absolute Gasteiger partial charge is 0.237 e. The van der Waals surface area contributed by atoms with Crippen molar-refractivity contribution in [3.8, 4) is 11.6 Å². The molecule has 0 amide bonds. The number of thioether (sulfide) groups is 1. The largest absolute Gasteiger partial charge is 0.486 e. The maximum Gasteiger partial charge on any atom is 0.237 e. The van der Waals surface area contributed by atoms with E-state index in [4.69, 9.17) is 15.3 Å². The quantitative estimate of drug-likeness (QED) is 0.655. The summed E-state index contributed by atoms with van der Waals surface area (Å²) in [6.45, 7) is 0. The van der Waals surface area contributed by atoms with Gasteiger partial charge in [0.25, 0.3) is 0 Å². The van der Waals surface area contributed by atoms with Gasteiger partial charge in [0, 0.05) is 23.0 Å². The van der Waals surface area contributed by atoms with Crippen LogP contribution in [0.1, 0.15) is 11.7 Å². The van der Waals surface area contributed by atoms with Crippen LogP contribution < -0.4 is 20.7 Å². The summed E-state index contributed by atoms with van der Waals surface area (Å²) in [6.07, 6.45) is 3.05. The molecule has 2 heterocycles. The van der Waals surface area contributed by atoms with Crippen LogP contribution in [0.5, 0.6) is 11.6 Å². The second kappa shape index (κ2) is 6.30. The monoisotopic (exact) mass is 304 g/mol. The maximum atomic E-state index is 6.05. The predicted molar refractivity (Wildman–Crippen MR) is 80.2 cm³/mol. The molecule has 1 aromatic carbocycles. The lowest BCUT2D eigenvalue weighted by molar-refractivity contribution is 0.162. The van der Waals surface area contributed by atoms with Crippen LogP contribution in [-0.4, -0.2) is 28.9 Å². The Morgan fingerprint density at radius 3 is 3.00 bits per heavy atom. The lowest BCUT2D eigenvalue weighted by Gasteiger charge is -2.31. The number of rotatable bonds is 4. The molecule has 0 radical (unpaired) electrons. The van der Waals surface area contributed by atoms with Crippen molar-refractivity contribution >= 4 is 11.8 Å². The molecular formula is C14H16N4O2S. The molecule has 3 N–H and O–H groups in total. The number of para-hydroxylation sites is 1. The highest BCUT2D eigenvalue weighted by molar-refractivity contribution is 7.99. The molecule has 3 rings (SSSR count). The number of methoxy groups -OCH3 is 1. The standard InChI is InChI=1S/C14H16N4O2S/c1-19-14-13(16-6-7-17-14)12(18-15)10-8-21-11-5-3-2-4-9(11)20-10/h2-7,10,12,18H,8,15H2,1H3. The van der Waals surface area contributed by atoms with Gasteiger partial charge in [-0.2, -0.15) is 0 Å². The van der Waals surface area contributed by atoms with Crippen LogP contribution in [0.2, 0.25) is 0 Å². The van der Waals surface area contributed by atoms with Crippen molar-refractivity contribution in [2.45, 2.75) is 17.0 Å². The van der Waals surface area contributed by atoms with E-state index in [2.05, 4.69) is 15.4 Å². The fourth-order valence-corrected chi connectivity index (χ4v) is 3.31. The number of nitrogens with one attached hydrogen (secondary N) is 1. The van der Waals surface area contributed by atoms with E-state index in [1.807, 2.05) is 24.3 Å².